The number of rotatable bonds is 8. The van der Waals surface area contributed by atoms with E-state index in [2.05, 4.69) is 16.7 Å². The van der Waals surface area contributed by atoms with Crippen LogP contribution in [0.15, 0.2) is 36.4 Å². The van der Waals surface area contributed by atoms with E-state index >= 15 is 0 Å². The number of ether oxygens (including phenoxy) is 1. The largest absolute Gasteiger partial charge is 0.444 e. The molecular formula is C28H33ClN4O5. The number of carbonyl (C=O) groups is 4. The summed E-state index contributed by atoms with van der Waals surface area (Å²) in [7, 11) is 0. The number of para-hydroxylation sites is 1. The van der Waals surface area contributed by atoms with Gasteiger partial charge in [0.2, 0.25) is 5.91 Å². The number of halogens is 1. The third kappa shape index (κ3) is 7.98. The Morgan fingerprint density at radius 2 is 1.76 bits per heavy atom. The molecule has 0 aliphatic carbocycles. The van der Waals surface area contributed by atoms with E-state index in [-0.39, 0.29) is 0 Å². The topological polar surface area (TPSA) is 131 Å². The van der Waals surface area contributed by atoms with Crippen molar-refractivity contribution in [2.45, 2.75) is 65.6 Å². The fourth-order valence-corrected chi connectivity index (χ4v) is 3.99. The molecule has 0 radical (unpaired) electrons. The number of hydrogen-bond acceptors (Lipinski definition) is 5. The highest BCUT2D eigenvalue weighted by Gasteiger charge is 2.37. The maximum atomic E-state index is 13.8. The molecule has 0 aromatic heterocycles. The number of alkyl carbamates (subject to hydrolysis) is 1. The van der Waals surface area contributed by atoms with Crippen LogP contribution in [0.25, 0.3) is 0 Å². The molecule has 10 heteroatoms. The number of nitrogens with zero attached hydrogens (tertiary/aromatic N) is 1. The Hall–Kier alpha value is -4.03. The number of aryl methyl sites for hydroxylation is 3. The van der Waals surface area contributed by atoms with Crippen molar-refractivity contribution in [1.82, 2.24) is 10.2 Å². The van der Waals surface area contributed by atoms with Crippen LogP contribution in [0.1, 0.15) is 55.5 Å². The predicted octanol–water partition coefficient (Wildman–Crippen LogP) is 4.13. The second kappa shape index (κ2) is 12.5. The first-order valence-electron chi connectivity index (χ1n) is 11.8. The number of primary amides is 1. The molecule has 0 heterocycles. The third-order valence-electron chi connectivity index (χ3n) is 5.48. The van der Waals surface area contributed by atoms with Gasteiger partial charge in [-0.25, -0.2) is 4.79 Å². The van der Waals surface area contributed by atoms with Gasteiger partial charge in [0.25, 0.3) is 11.8 Å². The lowest BCUT2D eigenvalue weighted by molar-refractivity contribution is -0.138. The number of benzene rings is 2. The summed E-state index contributed by atoms with van der Waals surface area (Å²) in [6.45, 7) is 10.3. The molecule has 38 heavy (non-hydrogen) atoms. The Labute approximate surface area is 228 Å². The first kappa shape index (κ1) is 30.2. The number of carbonyl (C=O) groups excluding carboxylic acids is 4. The smallest absolute Gasteiger partial charge is 0.408 e. The summed E-state index contributed by atoms with van der Waals surface area (Å²) >= 11 is 6.33. The molecule has 4 N–H and O–H groups in total. The van der Waals surface area contributed by atoms with Crippen LogP contribution in [0.2, 0.25) is 5.02 Å². The molecule has 0 aliphatic heterocycles. The van der Waals surface area contributed by atoms with Gasteiger partial charge in [0, 0.05) is 6.04 Å². The lowest BCUT2D eigenvalue weighted by Crippen LogP contribution is -2.52. The normalized spacial score (nSPS) is 12.5. The van der Waals surface area contributed by atoms with Crippen molar-refractivity contribution in [3.05, 3.63) is 63.7 Å². The van der Waals surface area contributed by atoms with Crippen LogP contribution in [-0.2, 0) is 19.1 Å². The minimum absolute atomic E-state index is 0.301. The quantitative estimate of drug-likeness (QED) is 0.342. The molecule has 2 rings (SSSR count). The molecule has 2 unspecified atom stereocenters. The Morgan fingerprint density at radius 3 is 2.32 bits per heavy atom. The highest BCUT2D eigenvalue weighted by atomic mass is 35.5. The van der Waals surface area contributed by atoms with Gasteiger partial charge in [0.05, 0.1) is 17.1 Å². The number of terminal acetylenes is 1. The van der Waals surface area contributed by atoms with Gasteiger partial charge in [-0.2, -0.15) is 0 Å². The number of nitrogens with one attached hydrogen (secondary N) is 2. The summed E-state index contributed by atoms with van der Waals surface area (Å²) in [6.07, 6.45) is 4.26. The van der Waals surface area contributed by atoms with Crippen molar-refractivity contribution in [3.63, 3.8) is 0 Å². The van der Waals surface area contributed by atoms with Gasteiger partial charge in [-0.05, 0) is 64.3 Å². The van der Waals surface area contributed by atoms with Crippen LogP contribution in [0.3, 0.4) is 0 Å². The summed E-state index contributed by atoms with van der Waals surface area (Å²) in [5, 5.41) is 5.44. The van der Waals surface area contributed by atoms with E-state index in [9.17, 15) is 19.2 Å². The van der Waals surface area contributed by atoms with Crippen LogP contribution in [0.4, 0.5) is 10.5 Å². The minimum Gasteiger partial charge on any atom is -0.444 e. The lowest BCUT2D eigenvalue weighted by Gasteiger charge is -2.31. The molecule has 0 fully saturated rings. The van der Waals surface area contributed by atoms with E-state index < -0.39 is 47.9 Å². The lowest BCUT2D eigenvalue weighted by atomic mass is 9.96. The van der Waals surface area contributed by atoms with Crippen molar-refractivity contribution in [2.24, 2.45) is 5.73 Å². The number of hydrogen-bond donors (Lipinski definition) is 3. The molecular weight excluding hydrogens is 508 g/mol. The van der Waals surface area contributed by atoms with E-state index in [1.165, 1.54) is 0 Å². The van der Waals surface area contributed by atoms with Crippen molar-refractivity contribution >= 4 is 41.1 Å². The van der Waals surface area contributed by atoms with E-state index in [0.717, 1.165) is 10.5 Å². The van der Waals surface area contributed by atoms with Crippen molar-refractivity contribution in [3.8, 4) is 12.5 Å². The summed E-state index contributed by atoms with van der Waals surface area (Å²) < 4.78 is 5.23. The third-order valence-corrected chi connectivity index (χ3v) is 5.79. The van der Waals surface area contributed by atoms with Crippen molar-refractivity contribution < 1.29 is 23.9 Å². The molecule has 0 aliphatic rings. The van der Waals surface area contributed by atoms with Gasteiger partial charge in [0.1, 0.15) is 17.7 Å². The SMILES string of the molecule is C#CN(C(=O)C(CC(N)=O)NC(=O)OC(C)(C)C)C(C(=O)Nc1c(C)cccc1Cl)c1cc(C)ccc1C. The minimum atomic E-state index is -1.49. The summed E-state index contributed by atoms with van der Waals surface area (Å²) in [4.78, 5) is 52.6. The zero-order valence-corrected chi connectivity index (χ0v) is 23.1. The summed E-state index contributed by atoms with van der Waals surface area (Å²) in [5.41, 5.74) is 7.50. The van der Waals surface area contributed by atoms with E-state index in [0.29, 0.717) is 27.4 Å². The van der Waals surface area contributed by atoms with Crippen molar-refractivity contribution in [2.75, 3.05) is 5.32 Å². The zero-order chi connectivity index (χ0) is 28.8. The highest BCUT2D eigenvalue weighted by Crippen LogP contribution is 2.31. The Morgan fingerprint density at radius 1 is 1.11 bits per heavy atom. The maximum absolute atomic E-state index is 13.8. The monoisotopic (exact) mass is 540 g/mol. The van der Waals surface area contributed by atoms with Crippen LogP contribution in [0.5, 0.6) is 0 Å². The van der Waals surface area contributed by atoms with E-state index in [1.54, 1.807) is 65.0 Å². The summed E-state index contributed by atoms with van der Waals surface area (Å²) in [5.74, 6) is -2.40. The molecule has 0 saturated carbocycles. The maximum Gasteiger partial charge on any atom is 0.408 e. The van der Waals surface area contributed by atoms with Gasteiger partial charge < -0.3 is 21.1 Å². The Bertz CT molecular complexity index is 1260. The average Bonchev–Trinajstić information content (AvgIpc) is 2.79. The number of anilines is 1. The van der Waals surface area contributed by atoms with Crippen molar-refractivity contribution in [1.29, 1.82) is 0 Å². The molecule has 2 atom stereocenters. The average molecular weight is 541 g/mol. The molecule has 4 amide bonds. The van der Waals surface area contributed by atoms with Crippen LogP contribution in [-0.4, -0.2) is 40.4 Å². The molecule has 9 nitrogen and oxygen atoms in total. The van der Waals surface area contributed by atoms with Gasteiger partial charge in [-0.15, -0.1) is 0 Å². The fourth-order valence-electron chi connectivity index (χ4n) is 3.72. The van der Waals surface area contributed by atoms with Crippen LogP contribution in [0, 0.1) is 33.2 Å². The van der Waals surface area contributed by atoms with Gasteiger partial charge in [-0.1, -0.05) is 53.9 Å². The Kier molecular flexibility index (Phi) is 9.91. The molecule has 202 valence electrons. The fraction of sp³-hybridized carbons (Fsp3) is 0.357. The second-order valence-electron chi connectivity index (χ2n) is 9.89. The van der Waals surface area contributed by atoms with Gasteiger partial charge in [-0.3, -0.25) is 19.3 Å². The molecule has 0 bridgehead atoms. The Balaban J connectivity index is 2.58. The van der Waals surface area contributed by atoms with Crippen LogP contribution >= 0.6 is 11.6 Å². The molecule has 2 aromatic rings. The number of nitrogens with two attached hydrogens (primary N) is 1. The van der Waals surface area contributed by atoms with E-state index in [4.69, 9.17) is 28.5 Å². The predicted molar refractivity (Wildman–Crippen MR) is 146 cm³/mol. The highest BCUT2D eigenvalue weighted by molar-refractivity contribution is 6.34. The molecule has 0 saturated heterocycles. The number of amides is 4. The zero-order valence-electron chi connectivity index (χ0n) is 22.3. The van der Waals surface area contributed by atoms with Gasteiger partial charge >= 0.3 is 6.09 Å². The molecule has 0 spiro atoms. The first-order valence-corrected chi connectivity index (χ1v) is 12.2. The molecule has 2 aromatic carbocycles. The van der Waals surface area contributed by atoms with Gasteiger partial charge in [0.15, 0.2) is 0 Å². The first-order chi connectivity index (χ1) is 17.6. The standard InChI is InChI=1S/C28H33ClN4O5/c1-8-33(26(36)21(15-22(30)34)31-27(37)38-28(5,6)7)24(19-14-16(2)12-13-17(19)3)25(35)32-23-18(4)10-9-11-20(23)29/h1,9-14,21,24H,15H2,2-7H3,(H2,30,34)(H,31,37)(H,32,35). The van der Waals surface area contributed by atoms with E-state index in [1.807, 2.05) is 13.0 Å². The van der Waals surface area contributed by atoms with Crippen LogP contribution < -0.4 is 16.4 Å². The second-order valence-corrected chi connectivity index (χ2v) is 10.3. The summed E-state index contributed by atoms with van der Waals surface area (Å²) in [6, 6.07) is 9.96.